The van der Waals surface area contributed by atoms with E-state index in [1.165, 1.54) is 0 Å². The van der Waals surface area contributed by atoms with Gasteiger partial charge in [-0.1, -0.05) is 18.2 Å². The van der Waals surface area contributed by atoms with Gasteiger partial charge in [0, 0.05) is 22.8 Å². The van der Waals surface area contributed by atoms with Gasteiger partial charge in [-0.15, -0.1) is 0 Å². The molecular formula is C17H15NO3. The third-order valence-corrected chi connectivity index (χ3v) is 3.90. The molecule has 1 amide bonds. The minimum absolute atomic E-state index is 0.0590. The van der Waals surface area contributed by atoms with Gasteiger partial charge >= 0.3 is 0 Å². The van der Waals surface area contributed by atoms with Crippen LogP contribution in [0.5, 0.6) is 5.75 Å². The molecule has 0 radical (unpaired) electrons. The van der Waals surface area contributed by atoms with E-state index < -0.39 is 0 Å². The third-order valence-electron chi connectivity index (χ3n) is 3.90. The lowest BCUT2D eigenvalue weighted by molar-refractivity contribution is -0.117. The molecule has 4 nitrogen and oxygen atoms in total. The number of methoxy groups -OCH3 is 1. The van der Waals surface area contributed by atoms with Crippen LogP contribution in [-0.4, -0.2) is 13.0 Å². The lowest BCUT2D eigenvalue weighted by Gasteiger charge is -2.09. The van der Waals surface area contributed by atoms with Crippen LogP contribution < -0.4 is 10.1 Å². The Morgan fingerprint density at radius 2 is 2.00 bits per heavy atom. The van der Waals surface area contributed by atoms with E-state index in [2.05, 4.69) is 5.32 Å². The average Bonchev–Trinajstić information content (AvgIpc) is 3.28. The zero-order valence-corrected chi connectivity index (χ0v) is 11.7. The largest absolute Gasteiger partial charge is 0.495 e. The molecule has 2 aromatic carbocycles. The van der Waals surface area contributed by atoms with Gasteiger partial charge in [0.15, 0.2) is 0 Å². The fraction of sp³-hybridized carbons (Fsp3) is 0.235. The van der Waals surface area contributed by atoms with E-state index >= 15 is 0 Å². The maximum atomic E-state index is 12.0. The summed E-state index contributed by atoms with van der Waals surface area (Å²) in [6, 6.07) is 11.6. The molecular weight excluding hydrogens is 266 g/mol. The summed E-state index contributed by atoms with van der Waals surface area (Å²) in [5.74, 6) is 0.868. The Morgan fingerprint density at radius 1 is 1.19 bits per heavy atom. The normalized spacial score (nSPS) is 14.5. The van der Waals surface area contributed by atoms with Crippen LogP contribution in [-0.2, 0) is 4.79 Å². The number of furan rings is 1. The number of fused-ring (bicyclic) bond motifs is 3. The van der Waals surface area contributed by atoms with Gasteiger partial charge in [0.2, 0.25) is 5.91 Å². The van der Waals surface area contributed by atoms with Gasteiger partial charge < -0.3 is 14.5 Å². The Labute approximate surface area is 121 Å². The van der Waals surface area contributed by atoms with Crippen LogP contribution in [0.3, 0.4) is 0 Å². The number of ether oxygens (including phenoxy) is 1. The molecule has 4 rings (SSSR count). The molecule has 1 fully saturated rings. The van der Waals surface area contributed by atoms with Crippen molar-refractivity contribution in [2.45, 2.75) is 12.8 Å². The van der Waals surface area contributed by atoms with E-state index in [0.29, 0.717) is 11.4 Å². The topological polar surface area (TPSA) is 51.5 Å². The highest BCUT2D eigenvalue weighted by molar-refractivity contribution is 6.08. The number of amides is 1. The first-order chi connectivity index (χ1) is 10.3. The lowest BCUT2D eigenvalue weighted by Crippen LogP contribution is -2.13. The van der Waals surface area contributed by atoms with Gasteiger partial charge in [-0.3, -0.25) is 4.79 Å². The predicted molar refractivity (Wildman–Crippen MR) is 81.6 cm³/mol. The van der Waals surface area contributed by atoms with Gasteiger partial charge in [0.1, 0.15) is 16.9 Å². The Morgan fingerprint density at radius 3 is 2.76 bits per heavy atom. The summed E-state index contributed by atoms with van der Waals surface area (Å²) in [6.07, 6.45) is 1.95. The highest BCUT2D eigenvalue weighted by Crippen LogP contribution is 2.37. The van der Waals surface area contributed by atoms with Crippen molar-refractivity contribution in [2.75, 3.05) is 12.4 Å². The lowest BCUT2D eigenvalue weighted by atomic mass is 10.1. The second-order valence-electron chi connectivity index (χ2n) is 5.41. The molecule has 1 N–H and O–H groups in total. The number of carbonyl (C=O) groups is 1. The molecule has 4 heteroatoms. The van der Waals surface area contributed by atoms with Crippen LogP contribution in [0.4, 0.5) is 5.69 Å². The van der Waals surface area contributed by atoms with E-state index in [-0.39, 0.29) is 11.8 Å². The molecule has 0 spiro atoms. The van der Waals surface area contributed by atoms with Gasteiger partial charge in [0.05, 0.1) is 12.8 Å². The fourth-order valence-corrected chi connectivity index (χ4v) is 2.60. The zero-order valence-electron chi connectivity index (χ0n) is 11.7. The number of hydrogen-bond donors (Lipinski definition) is 1. The summed E-state index contributed by atoms with van der Waals surface area (Å²) in [7, 11) is 1.61. The molecule has 106 valence electrons. The molecule has 0 aliphatic heterocycles. The minimum atomic E-state index is 0.0590. The summed E-state index contributed by atoms with van der Waals surface area (Å²) >= 11 is 0. The number of rotatable bonds is 3. The van der Waals surface area contributed by atoms with Gasteiger partial charge in [-0.05, 0) is 25.0 Å². The van der Waals surface area contributed by atoms with Crippen LogP contribution in [0.15, 0.2) is 40.8 Å². The second-order valence-corrected chi connectivity index (χ2v) is 5.41. The SMILES string of the molecule is COc1cc2c(cc1NC(=O)C1CC1)oc1ccccc12. The highest BCUT2D eigenvalue weighted by atomic mass is 16.5. The fourth-order valence-electron chi connectivity index (χ4n) is 2.60. The van der Waals surface area contributed by atoms with Crippen molar-refractivity contribution in [1.82, 2.24) is 0 Å². The van der Waals surface area contributed by atoms with E-state index in [0.717, 1.165) is 34.8 Å². The second kappa shape index (κ2) is 4.52. The molecule has 1 aliphatic rings. The first-order valence-corrected chi connectivity index (χ1v) is 7.06. The summed E-state index contributed by atoms with van der Waals surface area (Å²) in [4.78, 5) is 12.0. The number of nitrogens with one attached hydrogen (secondary N) is 1. The van der Waals surface area contributed by atoms with Crippen molar-refractivity contribution in [2.24, 2.45) is 5.92 Å². The summed E-state index contributed by atoms with van der Waals surface area (Å²) in [5, 5.41) is 4.98. The summed E-state index contributed by atoms with van der Waals surface area (Å²) in [6.45, 7) is 0. The quantitative estimate of drug-likeness (QED) is 0.791. The molecule has 1 saturated carbocycles. The molecule has 0 saturated heterocycles. The Bertz CT molecular complexity index is 846. The standard InChI is InChI=1S/C17H15NO3/c1-20-16-8-12-11-4-2-3-5-14(11)21-15(12)9-13(16)18-17(19)10-6-7-10/h2-5,8-10H,6-7H2,1H3,(H,18,19). The van der Waals surface area contributed by atoms with E-state index in [1.807, 2.05) is 36.4 Å². The summed E-state index contributed by atoms with van der Waals surface area (Å²) < 4.78 is 11.3. The first-order valence-electron chi connectivity index (χ1n) is 7.06. The number of carbonyl (C=O) groups excluding carboxylic acids is 1. The van der Waals surface area contributed by atoms with Crippen LogP contribution in [0, 0.1) is 5.92 Å². The zero-order chi connectivity index (χ0) is 14.4. The Kier molecular flexibility index (Phi) is 2.64. The van der Waals surface area contributed by atoms with Crippen LogP contribution >= 0.6 is 0 Å². The van der Waals surface area contributed by atoms with Crippen molar-refractivity contribution in [3.05, 3.63) is 36.4 Å². The molecule has 21 heavy (non-hydrogen) atoms. The number of hydrogen-bond acceptors (Lipinski definition) is 3. The monoisotopic (exact) mass is 281 g/mol. The average molecular weight is 281 g/mol. The van der Waals surface area contributed by atoms with Crippen LogP contribution in [0.2, 0.25) is 0 Å². The molecule has 0 bridgehead atoms. The van der Waals surface area contributed by atoms with Crippen LogP contribution in [0.1, 0.15) is 12.8 Å². The Hall–Kier alpha value is -2.49. The number of benzene rings is 2. The smallest absolute Gasteiger partial charge is 0.227 e. The predicted octanol–water partition coefficient (Wildman–Crippen LogP) is 3.94. The van der Waals surface area contributed by atoms with Crippen LogP contribution in [0.25, 0.3) is 21.9 Å². The molecule has 0 unspecified atom stereocenters. The molecule has 3 aromatic rings. The van der Waals surface area contributed by atoms with Gasteiger partial charge in [0.25, 0.3) is 0 Å². The first kappa shape index (κ1) is 12.3. The molecule has 1 aliphatic carbocycles. The van der Waals surface area contributed by atoms with Crippen molar-refractivity contribution in [1.29, 1.82) is 0 Å². The van der Waals surface area contributed by atoms with Crippen molar-refractivity contribution in [3.8, 4) is 5.75 Å². The molecule has 0 atom stereocenters. The summed E-state index contributed by atoms with van der Waals surface area (Å²) in [5.41, 5.74) is 2.25. The highest BCUT2D eigenvalue weighted by Gasteiger charge is 2.30. The van der Waals surface area contributed by atoms with Crippen molar-refractivity contribution in [3.63, 3.8) is 0 Å². The minimum Gasteiger partial charge on any atom is -0.495 e. The number of para-hydroxylation sites is 1. The van der Waals surface area contributed by atoms with Gasteiger partial charge in [-0.2, -0.15) is 0 Å². The number of anilines is 1. The van der Waals surface area contributed by atoms with E-state index in [4.69, 9.17) is 9.15 Å². The van der Waals surface area contributed by atoms with E-state index in [1.54, 1.807) is 7.11 Å². The molecule has 1 heterocycles. The van der Waals surface area contributed by atoms with Crippen molar-refractivity contribution < 1.29 is 13.9 Å². The van der Waals surface area contributed by atoms with Gasteiger partial charge in [-0.25, -0.2) is 0 Å². The maximum absolute atomic E-state index is 12.0. The van der Waals surface area contributed by atoms with Crippen molar-refractivity contribution >= 4 is 33.5 Å². The van der Waals surface area contributed by atoms with E-state index in [9.17, 15) is 4.79 Å². The molecule has 1 aromatic heterocycles. The Balaban J connectivity index is 1.86. The third kappa shape index (κ3) is 2.03. The maximum Gasteiger partial charge on any atom is 0.227 e.